The van der Waals surface area contributed by atoms with Gasteiger partial charge < -0.3 is 5.11 Å². The molecule has 0 aromatic heterocycles. The Morgan fingerprint density at radius 2 is 1.61 bits per heavy atom. The van der Waals surface area contributed by atoms with Crippen molar-refractivity contribution in [3.63, 3.8) is 0 Å². The predicted molar refractivity (Wildman–Crippen MR) is 133 cm³/mol. The molecule has 3 fully saturated rings. The van der Waals surface area contributed by atoms with E-state index in [1.165, 1.54) is 51.4 Å². The summed E-state index contributed by atoms with van der Waals surface area (Å²) in [6.07, 6.45) is 15.7. The summed E-state index contributed by atoms with van der Waals surface area (Å²) in [4.78, 5) is 0. The first-order valence-electron chi connectivity index (χ1n) is 14.0. The topological polar surface area (TPSA) is 20.2 Å². The van der Waals surface area contributed by atoms with Crippen molar-refractivity contribution >= 4 is 0 Å². The Morgan fingerprint density at radius 3 is 2.29 bits per heavy atom. The van der Waals surface area contributed by atoms with Crippen LogP contribution < -0.4 is 0 Å². The van der Waals surface area contributed by atoms with Crippen molar-refractivity contribution in [1.29, 1.82) is 0 Å². The zero-order chi connectivity index (χ0) is 22.6. The molecular formula is C30H52O. The van der Waals surface area contributed by atoms with Crippen molar-refractivity contribution in [3.05, 3.63) is 11.6 Å². The lowest BCUT2D eigenvalue weighted by Crippen LogP contribution is -2.50. The maximum absolute atomic E-state index is 10.3. The van der Waals surface area contributed by atoms with Gasteiger partial charge in [-0.3, -0.25) is 0 Å². The molecule has 0 spiro atoms. The van der Waals surface area contributed by atoms with Crippen LogP contribution in [-0.2, 0) is 0 Å². The SMILES string of the molecule is CC(C)C(CCC(C)C1CCC2C3CC=C4CC(O)CCC4(C)C3CCC12C)C(C)C. The van der Waals surface area contributed by atoms with Crippen LogP contribution in [0.15, 0.2) is 11.6 Å². The van der Waals surface area contributed by atoms with Gasteiger partial charge in [0.05, 0.1) is 6.10 Å². The van der Waals surface area contributed by atoms with Crippen molar-refractivity contribution in [3.8, 4) is 0 Å². The molecule has 3 saturated carbocycles. The lowest BCUT2D eigenvalue weighted by molar-refractivity contribution is -0.0576. The van der Waals surface area contributed by atoms with Crippen LogP contribution in [0.1, 0.15) is 113 Å². The first-order valence-corrected chi connectivity index (χ1v) is 14.0. The van der Waals surface area contributed by atoms with Gasteiger partial charge in [-0.15, -0.1) is 0 Å². The van der Waals surface area contributed by atoms with E-state index in [0.717, 1.165) is 60.2 Å². The van der Waals surface area contributed by atoms with Gasteiger partial charge in [-0.05, 0) is 116 Å². The highest BCUT2D eigenvalue weighted by atomic mass is 16.3. The predicted octanol–water partition coefficient (Wildman–Crippen LogP) is 8.27. The molecule has 0 bridgehead atoms. The average molecular weight is 429 g/mol. The average Bonchev–Trinajstić information content (AvgIpc) is 3.05. The van der Waals surface area contributed by atoms with E-state index in [2.05, 4.69) is 54.5 Å². The fraction of sp³-hybridized carbons (Fsp3) is 0.933. The minimum atomic E-state index is -0.0815. The molecule has 4 aliphatic rings. The zero-order valence-electron chi connectivity index (χ0n) is 21.8. The van der Waals surface area contributed by atoms with E-state index < -0.39 is 0 Å². The lowest BCUT2D eigenvalue weighted by atomic mass is 9.47. The third kappa shape index (κ3) is 4.08. The summed E-state index contributed by atoms with van der Waals surface area (Å²) in [5.74, 6) is 7.03. The number of aliphatic hydroxyl groups excluding tert-OH is 1. The van der Waals surface area contributed by atoms with E-state index >= 15 is 0 Å². The number of fused-ring (bicyclic) bond motifs is 5. The Labute approximate surface area is 193 Å². The van der Waals surface area contributed by atoms with Crippen molar-refractivity contribution in [1.82, 2.24) is 0 Å². The normalized spacial score (nSPS) is 43.6. The quantitative estimate of drug-likeness (QED) is 0.422. The Hall–Kier alpha value is -0.300. The Bertz CT molecular complexity index is 653. The van der Waals surface area contributed by atoms with E-state index in [4.69, 9.17) is 0 Å². The maximum Gasteiger partial charge on any atom is 0.0577 e. The van der Waals surface area contributed by atoms with Crippen LogP contribution in [0.3, 0.4) is 0 Å². The highest BCUT2D eigenvalue weighted by Crippen LogP contribution is 2.67. The standard InChI is InChI=1S/C30H52O/c1-19(2)24(20(3)4)10-8-21(5)26-12-13-27-25-11-9-22-18-23(31)14-16-29(22,6)28(25)15-17-30(26,27)7/h9,19-21,23-28,31H,8,10-18H2,1-7H3. The monoisotopic (exact) mass is 428 g/mol. The van der Waals surface area contributed by atoms with Crippen LogP contribution in [0.4, 0.5) is 0 Å². The molecule has 1 nitrogen and oxygen atoms in total. The van der Waals surface area contributed by atoms with Crippen molar-refractivity contribution in [2.75, 3.05) is 0 Å². The van der Waals surface area contributed by atoms with Gasteiger partial charge in [0.25, 0.3) is 0 Å². The van der Waals surface area contributed by atoms with Crippen molar-refractivity contribution in [2.24, 2.45) is 58.2 Å². The number of hydrogen-bond donors (Lipinski definition) is 1. The van der Waals surface area contributed by atoms with E-state index in [-0.39, 0.29) is 6.10 Å². The molecule has 0 saturated heterocycles. The second kappa shape index (κ2) is 8.81. The summed E-state index contributed by atoms with van der Waals surface area (Å²) >= 11 is 0. The first kappa shape index (κ1) is 23.8. The molecule has 178 valence electrons. The minimum Gasteiger partial charge on any atom is -0.393 e. The highest BCUT2D eigenvalue weighted by Gasteiger charge is 2.59. The molecule has 0 heterocycles. The molecule has 31 heavy (non-hydrogen) atoms. The van der Waals surface area contributed by atoms with Gasteiger partial charge in [-0.25, -0.2) is 0 Å². The van der Waals surface area contributed by atoms with Crippen molar-refractivity contribution < 1.29 is 5.11 Å². The summed E-state index contributed by atoms with van der Waals surface area (Å²) in [5.41, 5.74) is 2.57. The maximum atomic E-state index is 10.3. The summed E-state index contributed by atoms with van der Waals surface area (Å²) in [6.45, 7) is 17.6. The van der Waals surface area contributed by atoms with E-state index in [1.54, 1.807) is 5.57 Å². The minimum absolute atomic E-state index is 0.0815. The summed E-state index contributed by atoms with van der Waals surface area (Å²) in [5, 5.41) is 10.3. The fourth-order valence-corrected chi connectivity index (χ4v) is 9.71. The molecule has 1 N–H and O–H groups in total. The Kier molecular flexibility index (Phi) is 6.78. The molecule has 8 atom stereocenters. The molecule has 0 radical (unpaired) electrons. The molecule has 0 amide bonds. The molecule has 0 aromatic rings. The Morgan fingerprint density at radius 1 is 0.903 bits per heavy atom. The molecule has 0 aromatic carbocycles. The zero-order valence-corrected chi connectivity index (χ0v) is 21.8. The smallest absolute Gasteiger partial charge is 0.0577 e. The third-order valence-electron chi connectivity index (χ3n) is 11.5. The Balaban J connectivity index is 1.47. The van der Waals surface area contributed by atoms with Crippen LogP contribution in [0.25, 0.3) is 0 Å². The molecule has 4 aliphatic carbocycles. The second-order valence-electron chi connectivity index (χ2n) is 13.6. The van der Waals surface area contributed by atoms with Crippen LogP contribution in [0.5, 0.6) is 0 Å². The molecule has 1 heteroatoms. The molecule has 0 aliphatic heterocycles. The first-order chi connectivity index (χ1) is 14.6. The largest absolute Gasteiger partial charge is 0.393 e. The number of hydrogen-bond acceptors (Lipinski definition) is 1. The van der Waals surface area contributed by atoms with Gasteiger partial charge in [0.15, 0.2) is 0 Å². The molecule has 8 unspecified atom stereocenters. The van der Waals surface area contributed by atoms with Gasteiger partial charge >= 0.3 is 0 Å². The van der Waals surface area contributed by atoms with Gasteiger partial charge in [-0.1, -0.05) is 66.5 Å². The van der Waals surface area contributed by atoms with Gasteiger partial charge in [-0.2, -0.15) is 0 Å². The van der Waals surface area contributed by atoms with Crippen LogP contribution in [-0.4, -0.2) is 11.2 Å². The summed E-state index contributed by atoms with van der Waals surface area (Å²) in [7, 11) is 0. The highest BCUT2D eigenvalue weighted by molar-refractivity contribution is 5.25. The van der Waals surface area contributed by atoms with E-state index in [0.29, 0.717) is 10.8 Å². The fourth-order valence-electron chi connectivity index (χ4n) is 9.71. The van der Waals surface area contributed by atoms with Crippen molar-refractivity contribution in [2.45, 2.75) is 119 Å². The van der Waals surface area contributed by atoms with Gasteiger partial charge in [0.1, 0.15) is 0 Å². The van der Waals surface area contributed by atoms with Gasteiger partial charge in [0.2, 0.25) is 0 Å². The van der Waals surface area contributed by atoms with Crippen LogP contribution in [0.2, 0.25) is 0 Å². The van der Waals surface area contributed by atoms with Crippen LogP contribution >= 0.6 is 0 Å². The second-order valence-corrected chi connectivity index (χ2v) is 13.6. The third-order valence-corrected chi connectivity index (χ3v) is 11.5. The van der Waals surface area contributed by atoms with E-state index in [1.807, 2.05) is 0 Å². The summed E-state index contributed by atoms with van der Waals surface area (Å²) in [6, 6.07) is 0. The van der Waals surface area contributed by atoms with Gasteiger partial charge in [0, 0.05) is 0 Å². The number of aliphatic hydroxyl groups is 1. The number of rotatable bonds is 6. The molecular weight excluding hydrogens is 376 g/mol. The number of allylic oxidation sites excluding steroid dienone is 1. The lowest BCUT2D eigenvalue weighted by Gasteiger charge is -2.58. The summed E-state index contributed by atoms with van der Waals surface area (Å²) < 4.78 is 0. The molecule has 4 rings (SSSR count). The van der Waals surface area contributed by atoms with Crippen LogP contribution in [0, 0.1) is 58.2 Å². The van der Waals surface area contributed by atoms with E-state index in [9.17, 15) is 5.11 Å².